The lowest BCUT2D eigenvalue weighted by Crippen LogP contribution is -2.06. The molecule has 0 bridgehead atoms. The minimum Gasteiger partial charge on any atom is -0.488 e. The Kier molecular flexibility index (Phi) is 7.11. The summed E-state index contributed by atoms with van der Waals surface area (Å²) in [5, 5.41) is 0. The maximum atomic E-state index is 13.6. The van der Waals surface area contributed by atoms with E-state index in [2.05, 4.69) is 6.58 Å². The first-order valence-corrected chi connectivity index (χ1v) is 6.60. The van der Waals surface area contributed by atoms with E-state index in [4.69, 9.17) is 10.5 Å². The van der Waals surface area contributed by atoms with Crippen molar-refractivity contribution in [1.82, 2.24) is 0 Å². The molecule has 19 heavy (non-hydrogen) atoms. The van der Waals surface area contributed by atoms with E-state index in [1.54, 1.807) is 0 Å². The van der Waals surface area contributed by atoms with E-state index in [0.717, 1.165) is 25.7 Å². The van der Waals surface area contributed by atoms with Crippen LogP contribution in [-0.4, -0.2) is 13.2 Å². The Morgan fingerprint density at radius 3 is 2.42 bits per heavy atom. The summed E-state index contributed by atoms with van der Waals surface area (Å²) in [5.74, 6) is -1.60. The van der Waals surface area contributed by atoms with Crippen LogP contribution in [0.15, 0.2) is 24.8 Å². The molecule has 4 heteroatoms. The van der Waals surface area contributed by atoms with Gasteiger partial charge in [0.25, 0.3) is 0 Å². The van der Waals surface area contributed by atoms with E-state index in [1.807, 2.05) is 6.08 Å². The van der Waals surface area contributed by atoms with E-state index in [-0.39, 0.29) is 5.75 Å². The lowest BCUT2D eigenvalue weighted by Gasteiger charge is -2.09. The second-order valence-electron chi connectivity index (χ2n) is 4.41. The van der Waals surface area contributed by atoms with Crippen molar-refractivity contribution in [2.24, 2.45) is 5.73 Å². The topological polar surface area (TPSA) is 35.2 Å². The zero-order chi connectivity index (χ0) is 14.1. The Bertz CT molecular complexity index is 384. The van der Waals surface area contributed by atoms with Gasteiger partial charge in [0.05, 0.1) is 6.61 Å². The van der Waals surface area contributed by atoms with Crippen LogP contribution < -0.4 is 10.5 Å². The lowest BCUT2D eigenvalue weighted by molar-refractivity contribution is 0.275. The van der Waals surface area contributed by atoms with Gasteiger partial charge < -0.3 is 10.5 Å². The van der Waals surface area contributed by atoms with Crippen LogP contribution in [0, 0.1) is 11.6 Å². The monoisotopic (exact) mass is 269 g/mol. The molecule has 0 unspecified atom stereocenters. The van der Waals surface area contributed by atoms with Gasteiger partial charge in [0.1, 0.15) is 0 Å². The van der Waals surface area contributed by atoms with E-state index < -0.39 is 11.6 Å². The van der Waals surface area contributed by atoms with Crippen LogP contribution in [0.1, 0.15) is 31.2 Å². The molecule has 0 aliphatic rings. The highest BCUT2D eigenvalue weighted by atomic mass is 19.1. The number of allylic oxidation sites excluding steroid dienone is 1. The molecule has 2 nitrogen and oxygen atoms in total. The van der Waals surface area contributed by atoms with Crippen LogP contribution in [0.5, 0.6) is 5.75 Å². The quantitative estimate of drug-likeness (QED) is 0.549. The molecule has 106 valence electrons. The van der Waals surface area contributed by atoms with Gasteiger partial charge in [-0.2, -0.15) is 0 Å². The summed E-state index contributed by atoms with van der Waals surface area (Å²) < 4.78 is 32.5. The summed E-state index contributed by atoms with van der Waals surface area (Å²) in [6, 6.07) is 2.56. The zero-order valence-corrected chi connectivity index (χ0v) is 11.1. The van der Waals surface area contributed by atoms with Gasteiger partial charge in [-0.05, 0) is 56.3 Å². The van der Waals surface area contributed by atoms with Crippen molar-refractivity contribution in [3.8, 4) is 5.75 Å². The Labute approximate surface area is 113 Å². The molecule has 0 amide bonds. The molecule has 0 heterocycles. The maximum absolute atomic E-state index is 13.6. The molecule has 2 N–H and O–H groups in total. The van der Waals surface area contributed by atoms with Gasteiger partial charge in [-0.1, -0.05) is 6.08 Å². The molecule has 0 saturated heterocycles. The van der Waals surface area contributed by atoms with Gasteiger partial charge in [0.15, 0.2) is 17.4 Å². The Morgan fingerprint density at radius 1 is 1.16 bits per heavy atom. The largest absolute Gasteiger partial charge is 0.488 e. The van der Waals surface area contributed by atoms with Crippen molar-refractivity contribution < 1.29 is 13.5 Å². The minimum atomic E-state index is -0.658. The first kappa shape index (κ1) is 15.6. The van der Waals surface area contributed by atoms with Crippen molar-refractivity contribution in [2.75, 3.05) is 13.2 Å². The van der Waals surface area contributed by atoms with Gasteiger partial charge in [0.2, 0.25) is 0 Å². The fourth-order valence-electron chi connectivity index (χ4n) is 1.80. The first-order valence-electron chi connectivity index (χ1n) is 6.60. The fraction of sp³-hybridized carbons (Fsp3) is 0.467. The van der Waals surface area contributed by atoms with Gasteiger partial charge in [-0.15, -0.1) is 6.58 Å². The third-order valence-corrected chi connectivity index (χ3v) is 2.79. The summed E-state index contributed by atoms with van der Waals surface area (Å²) >= 11 is 0. The van der Waals surface area contributed by atoms with E-state index in [0.29, 0.717) is 25.1 Å². The molecule has 1 aromatic carbocycles. The van der Waals surface area contributed by atoms with Gasteiger partial charge in [-0.3, -0.25) is 0 Å². The van der Waals surface area contributed by atoms with Crippen molar-refractivity contribution in [3.63, 3.8) is 0 Å². The van der Waals surface area contributed by atoms with Crippen LogP contribution in [-0.2, 0) is 6.42 Å². The Hall–Kier alpha value is -1.42. The molecule has 0 aliphatic carbocycles. The highest BCUT2D eigenvalue weighted by Gasteiger charge is 2.12. The molecule has 0 aromatic heterocycles. The standard InChI is InChI=1S/C15H21F2NO/c1-2-3-4-5-6-9-19-15-13(16)10-12(7-8-18)11-14(15)17/h2,10-11H,1,3-9,18H2. The zero-order valence-electron chi connectivity index (χ0n) is 11.1. The number of rotatable bonds is 9. The SMILES string of the molecule is C=CCCCCCOc1c(F)cc(CCN)cc1F. The number of unbranched alkanes of at least 4 members (excludes halogenated alkanes) is 3. The number of ether oxygens (including phenoxy) is 1. The Balaban J connectivity index is 2.47. The summed E-state index contributed by atoms with van der Waals surface area (Å²) in [5.41, 5.74) is 5.91. The average molecular weight is 269 g/mol. The second kappa shape index (κ2) is 8.64. The minimum absolute atomic E-state index is 0.288. The van der Waals surface area contributed by atoms with Crippen LogP contribution in [0.3, 0.4) is 0 Å². The van der Waals surface area contributed by atoms with Gasteiger partial charge in [0, 0.05) is 0 Å². The second-order valence-corrected chi connectivity index (χ2v) is 4.41. The molecule has 0 atom stereocenters. The summed E-state index contributed by atoms with van der Waals surface area (Å²) in [7, 11) is 0. The molecule has 1 aromatic rings. The van der Waals surface area contributed by atoms with Gasteiger partial charge in [-0.25, -0.2) is 8.78 Å². The lowest BCUT2D eigenvalue weighted by atomic mass is 10.1. The van der Waals surface area contributed by atoms with E-state index in [9.17, 15) is 8.78 Å². The predicted molar refractivity (Wildman–Crippen MR) is 73.3 cm³/mol. The molecule has 0 fully saturated rings. The number of benzene rings is 1. The van der Waals surface area contributed by atoms with Crippen LogP contribution in [0.25, 0.3) is 0 Å². The average Bonchev–Trinajstić information content (AvgIpc) is 2.36. The van der Waals surface area contributed by atoms with Crippen molar-refractivity contribution in [3.05, 3.63) is 42.0 Å². The molecule has 0 spiro atoms. The summed E-state index contributed by atoms with van der Waals surface area (Å²) in [4.78, 5) is 0. The van der Waals surface area contributed by atoms with Crippen molar-refractivity contribution in [2.45, 2.75) is 32.1 Å². The predicted octanol–water partition coefficient (Wildman–Crippen LogP) is 3.59. The number of halogens is 2. The molecule has 0 aliphatic heterocycles. The number of nitrogens with two attached hydrogens (primary N) is 1. The Morgan fingerprint density at radius 2 is 1.84 bits per heavy atom. The molecule has 0 radical (unpaired) electrons. The summed E-state index contributed by atoms with van der Waals surface area (Å²) in [6.45, 7) is 4.32. The van der Waals surface area contributed by atoms with Gasteiger partial charge >= 0.3 is 0 Å². The maximum Gasteiger partial charge on any atom is 0.190 e. The molecule has 0 saturated carbocycles. The smallest absolute Gasteiger partial charge is 0.190 e. The summed E-state index contributed by atoms with van der Waals surface area (Å²) in [6.07, 6.45) is 6.02. The third-order valence-electron chi connectivity index (χ3n) is 2.79. The van der Waals surface area contributed by atoms with Crippen LogP contribution in [0.4, 0.5) is 8.78 Å². The van der Waals surface area contributed by atoms with Crippen LogP contribution in [0.2, 0.25) is 0 Å². The van der Waals surface area contributed by atoms with E-state index in [1.165, 1.54) is 12.1 Å². The normalized spacial score (nSPS) is 10.5. The number of hydrogen-bond donors (Lipinski definition) is 1. The first-order chi connectivity index (χ1) is 9.19. The highest BCUT2D eigenvalue weighted by molar-refractivity contribution is 5.31. The highest BCUT2D eigenvalue weighted by Crippen LogP contribution is 2.23. The van der Waals surface area contributed by atoms with Crippen LogP contribution >= 0.6 is 0 Å². The molecule has 1 rings (SSSR count). The fourth-order valence-corrected chi connectivity index (χ4v) is 1.80. The molecular weight excluding hydrogens is 248 g/mol. The van der Waals surface area contributed by atoms with Crippen molar-refractivity contribution in [1.29, 1.82) is 0 Å². The van der Waals surface area contributed by atoms with Crippen molar-refractivity contribution >= 4 is 0 Å². The molecular formula is C15H21F2NO. The number of hydrogen-bond acceptors (Lipinski definition) is 2. The van der Waals surface area contributed by atoms with E-state index >= 15 is 0 Å². The third kappa shape index (κ3) is 5.39.